The monoisotopic (exact) mass is 405 g/mol. The molecular formula is C18H16ClN3O4S. The van der Waals surface area contributed by atoms with E-state index in [9.17, 15) is 13.2 Å². The summed E-state index contributed by atoms with van der Waals surface area (Å²) in [5, 5.41) is 0.941. The van der Waals surface area contributed by atoms with Crippen LogP contribution in [0.3, 0.4) is 0 Å². The number of sulfone groups is 1. The summed E-state index contributed by atoms with van der Waals surface area (Å²) in [6.45, 7) is 1.46. The van der Waals surface area contributed by atoms with Crippen molar-refractivity contribution in [3.8, 4) is 0 Å². The van der Waals surface area contributed by atoms with Crippen LogP contribution in [-0.4, -0.2) is 36.1 Å². The number of rotatable bonds is 3. The zero-order valence-electron chi connectivity index (χ0n) is 14.5. The third-order valence-electron chi connectivity index (χ3n) is 4.54. The summed E-state index contributed by atoms with van der Waals surface area (Å²) in [5.41, 5.74) is 1.98. The van der Waals surface area contributed by atoms with Crippen molar-refractivity contribution in [3.05, 3.63) is 62.7 Å². The molecule has 1 aliphatic rings. The standard InChI is InChI=1S/C18H16ClN3O4S/c1-27(24,25)18-20-8-11-9-22(7-6-14(11)21-18)10-13-16(19)12-4-2-3-5-15(12)26-17(13)23/h2-5,8H,6-7,9-10H2,1H3. The summed E-state index contributed by atoms with van der Waals surface area (Å²) in [6, 6.07) is 7.15. The molecule has 0 saturated carbocycles. The maximum atomic E-state index is 12.4. The maximum absolute atomic E-state index is 12.4. The molecule has 27 heavy (non-hydrogen) atoms. The van der Waals surface area contributed by atoms with Gasteiger partial charge < -0.3 is 4.42 Å². The van der Waals surface area contributed by atoms with Crippen molar-refractivity contribution in [2.24, 2.45) is 0 Å². The Morgan fingerprint density at radius 3 is 2.85 bits per heavy atom. The molecular weight excluding hydrogens is 390 g/mol. The van der Waals surface area contributed by atoms with Gasteiger partial charge in [-0.2, -0.15) is 0 Å². The van der Waals surface area contributed by atoms with Gasteiger partial charge in [0.15, 0.2) is 0 Å². The molecule has 0 N–H and O–H groups in total. The van der Waals surface area contributed by atoms with Gasteiger partial charge in [-0.25, -0.2) is 23.2 Å². The van der Waals surface area contributed by atoms with Crippen LogP contribution in [0.4, 0.5) is 0 Å². The molecule has 0 spiro atoms. The van der Waals surface area contributed by atoms with Gasteiger partial charge in [-0.1, -0.05) is 23.7 Å². The summed E-state index contributed by atoms with van der Waals surface area (Å²) in [4.78, 5) is 22.5. The normalized spacial score (nSPS) is 15.0. The second kappa shape index (κ2) is 6.70. The Morgan fingerprint density at radius 2 is 2.07 bits per heavy atom. The Kier molecular flexibility index (Phi) is 4.49. The molecule has 3 aromatic rings. The molecule has 0 fully saturated rings. The average molecular weight is 406 g/mol. The Balaban J connectivity index is 1.63. The highest BCUT2D eigenvalue weighted by Gasteiger charge is 2.23. The van der Waals surface area contributed by atoms with Crippen molar-refractivity contribution in [2.45, 2.75) is 24.7 Å². The van der Waals surface area contributed by atoms with Crippen LogP contribution < -0.4 is 5.63 Å². The molecule has 140 valence electrons. The van der Waals surface area contributed by atoms with E-state index >= 15 is 0 Å². The summed E-state index contributed by atoms with van der Waals surface area (Å²) in [6.07, 6.45) is 3.19. The highest BCUT2D eigenvalue weighted by molar-refractivity contribution is 7.90. The van der Waals surface area contributed by atoms with E-state index in [4.69, 9.17) is 16.0 Å². The first kappa shape index (κ1) is 18.1. The number of hydrogen-bond donors (Lipinski definition) is 0. The van der Waals surface area contributed by atoms with Crippen molar-refractivity contribution >= 4 is 32.4 Å². The predicted molar refractivity (Wildman–Crippen MR) is 100 cm³/mol. The zero-order valence-corrected chi connectivity index (χ0v) is 16.0. The molecule has 0 aliphatic carbocycles. The number of aromatic nitrogens is 2. The summed E-state index contributed by atoms with van der Waals surface area (Å²) >= 11 is 6.46. The van der Waals surface area contributed by atoms with Crippen LogP contribution in [0.2, 0.25) is 5.02 Å². The van der Waals surface area contributed by atoms with E-state index in [0.29, 0.717) is 47.6 Å². The molecule has 0 atom stereocenters. The molecule has 0 saturated heterocycles. The highest BCUT2D eigenvalue weighted by atomic mass is 35.5. The lowest BCUT2D eigenvalue weighted by Gasteiger charge is -2.27. The lowest BCUT2D eigenvalue weighted by Crippen LogP contribution is -2.33. The molecule has 9 heteroatoms. The zero-order chi connectivity index (χ0) is 19.2. The minimum atomic E-state index is -3.44. The van der Waals surface area contributed by atoms with Crippen molar-refractivity contribution < 1.29 is 12.8 Å². The van der Waals surface area contributed by atoms with E-state index in [1.807, 2.05) is 17.0 Å². The summed E-state index contributed by atoms with van der Waals surface area (Å²) in [7, 11) is -3.44. The first-order chi connectivity index (χ1) is 12.8. The topological polar surface area (TPSA) is 93.4 Å². The minimum Gasteiger partial charge on any atom is -0.422 e. The molecule has 0 unspecified atom stereocenters. The smallest absolute Gasteiger partial charge is 0.342 e. The lowest BCUT2D eigenvalue weighted by atomic mass is 10.1. The quantitative estimate of drug-likeness (QED) is 0.487. The Labute approximate surface area is 160 Å². The number of para-hydroxylation sites is 1. The largest absolute Gasteiger partial charge is 0.422 e. The summed E-state index contributed by atoms with van der Waals surface area (Å²) in [5.74, 6) is 0. The highest BCUT2D eigenvalue weighted by Crippen LogP contribution is 2.27. The van der Waals surface area contributed by atoms with Crippen LogP contribution in [-0.2, 0) is 29.3 Å². The molecule has 2 aromatic heterocycles. The van der Waals surface area contributed by atoms with Gasteiger partial charge in [0.05, 0.1) is 16.3 Å². The van der Waals surface area contributed by atoms with Crippen LogP contribution in [0, 0.1) is 0 Å². The van der Waals surface area contributed by atoms with Gasteiger partial charge in [0, 0.05) is 49.5 Å². The van der Waals surface area contributed by atoms with E-state index in [-0.39, 0.29) is 5.16 Å². The van der Waals surface area contributed by atoms with Crippen molar-refractivity contribution in [2.75, 3.05) is 12.8 Å². The second-order valence-corrected chi connectivity index (χ2v) is 8.82. The SMILES string of the molecule is CS(=O)(=O)c1ncc2c(n1)CCN(Cc1c(Cl)c3ccccc3oc1=O)C2. The van der Waals surface area contributed by atoms with Crippen molar-refractivity contribution in [3.63, 3.8) is 0 Å². The fourth-order valence-electron chi connectivity index (χ4n) is 3.18. The number of hydrogen-bond acceptors (Lipinski definition) is 7. The average Bonchev–Trinajstić information content (AvgIpc) is 2.64. The molecule has 3 heterocycles. The van der Waals surface area contributed by atoms with E-state index < -0.39 is 15.5 Å². The van der Waals surface area contributed by atoms with Gasteiger partial charge >= 0.3 is 5.63 Å². The van der Waals surface area contributed by atoms with Crippen LogP contribution in [0.15, 0.2) is 44.8 Å². The van der Waals surface area contributed by atoms with E-state index in [0.717, 1.165) is 17.5 Å². The number of benzene rings is 1. The van der Waals surface area contributed by atoms with Gasteiger partial charge in [0.2, 0.25) is 15.0 Å². The fourth-order valence-corrected chi connectivity index (χ4v) is 3.99. The van der Waals surface area contributed by atoms with E-state index in [1.165, 1.54) is 6.20 Å². The van der Waals surface area contributed by atoms with Crippen molar-refractivity contribution in [1.29, 1.82) is 0 Å². The fraction of sp³-hybridized carbons (Fsp3) is 0.278. The first-order valence-electron chi connectivity index (χ1n) is 8.30. The Morgan fingerprint density at radius 1 is 1.30 bits per heavy atom. The predicted octanol–water partition coefficient (Wildman–Crippen LogP) is 2.20. The third kappa shape index (κ3) is 3.47. The third-order valence-corrected chi connectivity index (χ3v) is 5.83. The number of halogens is 1. The van der Waals surface area contributed by atoms with Crippen LogP contribution in [0.1, 0.15) is 16.8 Å². The number of nitrogens with zero attached hydrogens (tertiary/aromatic N) is 3. The van der Waals surface area contributed by atoms with Crippen LogP contribution >= 0.6 is 11.6 Å². The van der Waals surface area contributed by atoms with E-state index in [1.54, 1.807) is 12.1 Å². The van der Waals surface area contributed by atoms with Crippen LogP contribution in [0.25, 0.3) is 11.0 Å². The second-order valence-electron chi connectivity index (χ2n) is 6.54. The molecule has 4 rings (SSSR count). The summed E-state index contributed by atoms with van der Waals surface area (Å²) < 4.78 is 28.6. The minimum absolute atomic E-state index is 0.159. The Hall–Kier alpha value is -2.29. The number of fused-ring (bicyclic) bond motifs is 2. The molecule has 1 aromatic carbocycles. The maximum Gasteiger partial charge on any atom is 0.342 e. The van der Waals surface area contributed by atoms with Crippen LogP contribution in [0.5, 0.6) is 0 Å². The van der Waals surface area contributed by atoms with Gasteiger partial charge in [0.1, 0.15) is 5.58 Å². The Bertz CT molecular complexity index is 1210. The molecule has 7 nitrogen and oxygen atoms in total. The van der Waals surface area contributed by atoms with Gasteiger partial charge in [-0.15, -0.1) is 0 Å². The van der Waals surface area contributed by atoms with Crippen molar-refractivity contribution in [1.82, 2.24) is 14.9 Å². The molecule has 0 amide bonds. The van der Waals surface area contributed by atoms with Gasteiger partial charge in [-0.3, -0.25) is 4.90 Å². The van der Waals surface area contributed by atoms with Gasteiger partial charge in [-0.05, 0) is 12.1 Å². The molecule has 0 radical (unpaired) electrons. The van der Waals surface area contributed by atoms with Gasteiger partial charge in [0.25, 0.3) is 0 Å². The van der Waals surface area contributed by atoms with E-state index in [2.05, 4.69) is 9.97 Å². The lowest BCUT2D eigenvalue weighted by molar-refractivity contribution is 0.239. The molecule has 0 bridgehead atoms. The molecule has 1 aliphatic heterocycles. The first-order valence-corrected chi connectivity index (χ1v) is 10.6.